The third-order valence-corrected chi connectivity index (χ3v) is 9.31. The summed E-state index contributed by atoms with van der Waals surface area (Å²) in [6, 6.07) is 6.47. The fourth-order valence-corrected chi connectivity index (χ4v) is 7.73. The monoisotopic (exact) mass is 545 g/mol. The molecule has 4 aliphatic heterocycles. The lowest BCUT2D eigenvalue weighted by atomic mass is 9.80. The van der Waals surface area contributed by atoms with Gasteiger partial charge in [-0.1, -0.05) is 0 Å². The second-order valence-corrected chi connectivity index (χ2v) is 10.9. The molecule has 5 aliphatic rings. The molecule has 13 heteroatoms. The number of carbonyl (C=O) groups excluding carboxylic acids is 4. The first-order valence-electron chi connectivity index (χ1n) is 12.2. The van der Waals surface area contributed by atoms with Crippen molar-refractivity contribution in [1.29, 1.82) is 0 Å². The third-order valence-electron chi connectivity index (χ3n) is 8.01. The van der Waals surface area contributed by atoms with Crippen LogP contribution in [0.1, 0.15) is 6.92 Å². The van der Waals surface area contributed by atoms with Gasteiger partial charge in [-0.3, -0.25) is 14.4 Å². The van der Waals surface area contributed by atoms with Crippen molar-refractivity contribution in [3.63, 3.8) is 0 Å². The average Bonchev–Trinajstić information content (AvgIpc) is 3.18. The molecule has 0 bridgehead atoms. The van der Waals surface area contributed by atoms with E-state index in [0.717, 1.165) is 4.90 Å². The molecule has 3 fully saturated rings. The summed E-state index contributed by atoms with van der Waals surface area (Å²) < 4.78 is 28.4. The predicted molar refractivity (Wildman–Crippen MR) is 130 cm³/mol. The smallest absolute Gasteiger partial charge is 0.404 e. The fourth-order valence-electron chi connectivity index (χ4n) is 6.55. The van der Waals surface area contributed by atoms with Crippen molar-refractivity contribution in [1.82, 2.24) is 9.80 Å². The number of nitrogens with two attached hydrogens (primary N) is 1. The maximum atomic E-state index is 14.3. The molecule has 38 heavy (non-hydrogen) atoms. The summed E-state index contributed by atoms with van der Waals surface area (Å²) in [6.45, 7) is 1.68. The van der Waals surface area contributed by atoms with E-state index in [1.807, 2.05) is 0 Å². The molecule has 2 amide bonds. The molecule has 202 valence electrons. The Labute approximate surface area is 222 Å². The van der Waals surface area contributed by atoms with Crippen molar-refractivity contribution in [3.8, 4) is 5.75 Å². The van der Waals surface area contributed by atoms with E-state index in [-0.39, 0.29) is 55.4 Å². The van der Waals surface area contributed by atoms with Crippen LogP contribution in [-0.2, 0) is 33.3 Å². The average molecular weight is 546 g/mol. The highest BCUT2D eigenvalue weighted by Gasteiger charge is 2.79. The number of rotatable bonds is 6. The highest BCUT2D eigenvalue weighted by atomic mass is 32.2. The number of piperazine rings is 1. The second-order valence-electron chi connectivity index (χ2n) is 9.68. The Morgan fingerprint density at radius 2 is 1.84 bits per heavy atom. The van der Waals surface area contributed by atoms with Crippen LogP contribution in [0.15, 0.2) is 40.4 Å². The van der Waals surface area contributed by atoms with Gasteiger partial charge in [0.1, 0.15) is 23.6 Å². The number of primary amides is 1. The van der Waals surface area contributed by atoms with Gasteiger partial charge in [-0.15, -0.1) is 11.8 Å². The molecule has 0 aromatic heterocycles. The predicted octanol–water partition coefficient (Wildman–Crippen LogP) is 0.288. The van der Waals surface area contributed by atoms with E-state index in [1.54, 1.807) is 41.2 Å². The Morgan fingerprint density at radius 1 is 1.16 bits per heavy atom. The van der Waals surface area contributed by atoms with Crippen molar-refractivity contribution < 1.29 is 42.9 Å². The lowest BCUT2D eigenvalue weighted by molar-refractivity contribution is -0.180. The Hall–Kier alpha value is -3.13. The number of carbonyl (C=O) groups is 4. The van der Waals surface area contributed by atoms with Gasteiger partial charge < -0.3 is 39.2 Å². The number of hydrogen-bond acceptors (Lipinski definition) is 11. The maximum absolute atomic E-state index is 14.3. The minimum atomic E-state index is -1.86. The first-order valence-corrected chi connectivity index (χ1v) is 13.0. The lowest BCUT2D eigenvalue weighted by Gasteiger charge is -2.41. The highest BCUT2D eigenvalue weighted by molar-refractivity contribution is 8.00. The van der Waals surface area contributed by atoms with Gasteiger partial charge in [0.15, 0.2) is 11.5 Å². The number of allylic oxidation sites excluding steroid dienone is 1. The van der Waals surface area contributed by atoms with Crippen LogP contribution in [0.25, 0.3) is 0 Å². The maximum Gasteiger partial charge on any atom is 0.404 e. The molecule has 1 aromatic carbocycles. The molecule has 5 atom stereocenters. The zero-order chi connectivity index (χ0) is 27.0. The molecule has 1 aliphatic carbocycles. The first kappa shape index (κ1) is 25.2. The van der Waals surface area contributed by atoms with Crippen LogP contribution in [-0.4, -0.2) is 103 Å². The van der Waals surface area contributed by atoms with Crippen LogP contribution in [0.5, 0.6) is 5.75 Å². The van der Waals surface area contributed by atoms with E-state index in [9.17, 15) is 19.2 Å². The Bertz CT molecular complexity index is 1260. The Kier molecular flexibility index (Phi) is 5.76. The topological polar surface area (TPSA) is 147 Å². The molecule has 4 heterocycles. The molecule has 12 nitrogen and oxygen atoms in total. The largest absolute Gasteiger partial charge is 0.497 e. The molecular weight excluding hydrogens is 518 g/mol. The van der Waals surface area contributed by atoms with Crippen molar-refractivity contribution in [2.24, 2.45) is 11.7 Å². The zero-order valence-electron chi connectivity index (χ0n) is 21.0. The summed E-state index contributed by atoms with van der Waals surface area (Å²) in [5.41, 5.74) is 4.28. The van der Waals surface area contributed by atoms with Gasteiger partial charge in [0, 0.05) is 31.0 Å². The molecule has 0 radical (unpaired) electrons. The Morgan fingerprint density at radius 3 is 2.42 bits per heavy atom. The third kappa shape index (κ3) is 3.22. The number of thioether (sulfide) groups is 1. The van der Waals surface area contributed by atoms with Gasteiger partial charge in [0.05, 0.1) is 38.0 Å². The van der Waals surface area contributed by atoms with Crippen LogP contribution in [0, 0.1) is 5.92 Å². The normalized spacial score (nSPS) is 32.4. The van der Waals surface area contributed by atoms with Gasteiger partial charge in [0.25, 0.3) is 5.79 Å². The molecule has 6 rings (SSSR count). The van der Waals surface area contributed by atoms with Gasteiger partial charge in [-0.05, 0) is 24.3 Å². The number of amides is 2. The Balaban J connectivity index is 1.45. The van der Waals surface area contributed by atoms with Crippen molar-refractivity contribution in [2.75, 3.05) is 40.6 Å². The number of Topliss-reactive ketones (excluding diaryl/α,β-unsaturated/α-hetero) is 2. The van der Waals surface area contributed by atoms with E-state index in [2.05, 4.69) is 0 Å². The zero-order valence-corrected chi connectivity index (χ0v) is 21.8. The number of fused-ring (bicyclic) bond motifs is 4. The SMILES string of the molecule is COc1ccc(SC2C(=O)C3=C(C(=O)C24OCCO4)[C@@H](COC(N)=O)[C@@]2(OC)[C@@H]4[C@H](CN32)N4C(C)=O)cc1. The number of methoxy groups -OCH3 is 2. The van der Waals surface area contributed by atoms with Crippen molar-refractivity contribution in [3.05, 3.63) is 35.5 Å². The molecule has 1 aromatic rings. The van der Waals surface area contributed by atoms with Gasteiger partial charge in [-0.2, -0.15) is 0 Å². The molecule has 3 saturated heterocycles. The summed E-state index contributed by atoms with van der Waals surface area (Å²) in [4.78, 5) is 56.8. The van der Waals surface area contributed by atoms with E-state index in [0.29, 0.717) is 5.75 Å². The van der Waals surface area contributed by atoms with Crippen LogP contribution in [0.2, 0.25) is 0 Å². The number of ether oxygens (including phenoxy) is 5. The molecule has 0 saturated carbocycles. The van der Waals surface area contributed by atoms with Crippen molar-refractivity contribution >= 4 is 35.3 Å². The van der Waals surface area contributed by atoms with E-state index in [4.69, 9.17) is 29.4 Å². The minimum absolute atomic E-state index is 0.112. The molecule has 1 unspecified atom stereocenters. The number of ketones is 2. The van der Waals surface area contributed by atoms with E-state index >= 15 is 0 Å². The summed E-state index contributed by atoms with van der Waals surface area (Å²) in [6.07, 6.45) is -1.03. The van der Waals surface area contributed by atoms with E-state index < -0.39 is 40.6 Å². The quantitative estimate of drug-likeness (QED) is 0.492. The minimum Gasteiger partial charge on any atom is -0.497 e. The lowest BCUT2D eigenvalue weighted by Crippen LogP contribution is -2.58. The second kappa shape index (κ2) is 8.70. The fraction of sp³-hybridized carbons (Fsp3) is 0.520. The van der Waals surface area contributed by atoms with E-state index in [1.165, 1.54) is 25.8 Å². The molecule has 2 N–H and O–H groups in total. The van der Waals surface area contributed by atoms with Gasteiger partial charge >= 0.3 is 6.09 Å². The van der Waals surface area contributed by atoms with Gasteiger partial charge in [0.2, 0.25) is 11.7 Å². The number of hydrogen-bond donors (Lipinski definition) is 1. The highest BCUT2D eigenvalue weighted by Crippen LogP contribution is 2.61. The van der Waals surface area contributed by atoms with Crippen LogP contribution < -0.4 is 10.5 Å². The first-order chi connectivity index (χ1) is 18.2. The van der Waals surface area contributed by atoms with Crippen LogP contribution in [0.4, 0.5) is 4.79 Å². The number of nitrogens with zero attached hydrogens (tertiary/aromatic N) is 2. The summed E-state index contributed by atoms with van der Waals surface area (Å²) in [5, 5.41) is -1.05. The van der Waals surface area contributed by atoms with Crippen molar-refractivity contribution in [2.45, 2.75) is 40.7 Å². The van der Waals surface area contributed by atoms with Crippen LogP contribution >= 0.6 is 11.8 Å². The summed E-state index contributed by atoms with van der Waals surface area (Å²) in [5.74, 6) is -3.14. The molecule has 1 spiro atoms. The van der Waals surface area contributed by atoms with Crippen LogP contribution in [0.3, 0.4) is 0 Å². The summed E-state index contributed by atoms with van der Waals surface area (Å²) in [7, 11) is 3.02. The molecular formula is C25H27N3O9S. The number of benzene rings is 1. The standard InChI is InChI=1S/C25H27N3O9S/c1-12(29)28-16-10-27-18-17(15(11-35-23(26)32)24(27,34-3)20(16)28)21(31)25(36-8-9-37-25)22(19(18)30)38-14-6-4-13(33-2)5-7-14/h4-7,15-16,20,22H,8-11H2,1-3H3,(H2,26,32)/t15-,16+,20+,22?,24-,28?/m1/s1. The van der Waals surface area contributed by atoms with Gasteiger partial charge in [-0.25, -0.2) is 4.79 Å². The summed E-state index contributed by atoms with van der Waals surface area (Å²) >= 11 is 1.17.